The van der Waals surface area contributed by atoms with Gasteiger partial charge in [0.1, 0.15) is 11.6 Å². The maximum Gasteiger partial charge on any atom is 0.318 e. The number of imide groups is 1. The van der Waals surface area contributed by atoms with Gasteiger partial charge >= 0.3 is 6.03 Å². The van der Waals surface area contributed by atoms with Crippen molar-refractivity contribution in [3.63, 3.8) is 0 Å². The van der Waals surface area contributed by atoms with E-state index < -0.39 is 23.9 Å². The molecule has 1 rings (SSSR count). The highest BCUT2D eigenvalue weighted by Crippen LogP contribution is 2.21. The molecule has 0 saturated carbocycles. The van der Waals surface area contributed by atoms with E-state index in [1.54, 1.807) is 0 Å². The Bertz CT molecular complexity index is 530. The molecular formula is C12H13FN2O4. The number of ether oxygens (including phenoxy) is 1. The van der Waals surface area contributed by atoms with E-state index in [9.17, 15) is 18.8 Å². The fourth-order valence-corrected chi connectivity index (χ4v) is 1.35. The lowest BCUT2D eigenvalue weighted by Gasteiger charge is -2.15. The summed E-state index contributed by atoms with van der Waals surface area (Å²) in [5.74, 6) is -1.80. The Morgan fingerprint density at radius 3 is 2.53 bits per heavy atom. The maximum atomic E-state index is 13.1. The van der Waals surface area contributed by atoms with Gasteiger partial charge in [-0.25, -0.2) is 9.18 Å². The van der Waals surface area contributed by atoms with Crippen LogP contribution >= 0.6 is 0 Å². The average molecular weight is 268 g/mol. The molecule has 1 atom stereocenters. The van der Waals surface area contributed by atoms with Gasteiger partial charge < -0.3 is 10.5 Å². The fraction of sp³-hybridized carbons (Fsp3) is 0.250. The number of urea groups is 1. The molecule has 0 fully saturated rings. The van der Waals surface area contributed by atoms with Crippen molar-refractivity contribution in [2.24, 2.45) is 5.73 Å². The zero-order valence-electron chi connectivity index (χ0n) is 10.4. The van der Waals surface area contributed by atoms with Gasteiger partial charge in [0.2, 0.25) is 0 Å². The predicted octanol–water partition coefficient (Wildman–Crippen LogP) is 0.990. The zero-order chi connectivity index (χ0) is 14.6. The lowest BCUT2D eigenvalue weighted by molar-refractivity contribution is -0.126. The van der Waals surface area contributed by atoms with Gasteiger partial charge in [0.25, 0.3) is 5.91 Å². The van der Waals surface area contributed by atoms with Crippen LogP contribution in [0.5, 0.6) is 5.75 Å². The highest BCUT2D eigenvalue weighted by Gasteiger charge is 2.19. The molecule has 1 aromatic rings. The molecule has 0 aliphatic carbocycles. The molecule has 0 heterocycles. The minimum atomic E-state index is -1.10. The van der Waals surface area contributed by atoms with E-state index in [1.165, 1.54) is 19.9 Å². The Morgan fingerprint density at radius 2 is 2.00 bits per heavy atom. The summed E-state index contributed by atoms with van der Waals surface area (Å²) < 4.78 is 18.3. The van der Waals surface area contributed by atoms with Crippen LogP contribution in [-0.2, 0) is 4.79 Å². The summed E-state index contributed by atoms with van der Waals surface area (Å²) in [4.78, 5) is 33.3. The van der Waals surface area contributed by atoms with Crippen molar-refractivity contribution in [3.8, 4) is 5.75 Å². The molecule has 0 spiro atoms. The van der Waals surface area contributed by atoms with Crippen LogP contribution < -0.4 is 15.8 Å². The van der Waals surface area contributed by atoms with Crippen molar-refractivity contribution >= 4 is 17.7 Å². The largest absolute Gasteiger partial charge is 0.480 e. The van der Waals surface area contributed by atoms with Gasteiger partial charge in [0.15, 0.2) is 11.9 Å². The third-order valence-corrected chi connectivity index (χ3v) is 2.24. The molecule has 0 radical (unpaired) electrons. The summed E-state index contributed by atoms with van der Waals surface area (Å²) in [6.07, 6.45) is -1.10. The molecule has 0 aromatic heterocycles. The molecule has 0 aliphatic rings. The minimum absolute atomic E-state index is 0.0698. The van der Waals surface area contributed by atoms with Crippen molar-refractivity contribution < 1.29 is 23.5 Å². The molecule has 6 nitrogen and oxygen atoms in total. The van der Waals surface area contributed by atoms with Crippen LogP contribution in [0.3, 0.4) is 0 Å². The Labute approximate surface area is 108 Å². The molecule has 0 saturated heterocycles. The zero-order valence-corrected chi connectivity index (χ0v) is 10.4. The normalized spacial score (nSPS) is 11.5. The van der Waals surface area contributed by atoms with Crippen molar-refractivity contribution in [1.82, 2.24) is 5.32 Å². The smallest absolute Gasteiger partial charge is 0.318 e. The second-order valence-electron chi connectivity index (χ2n) is 3.81. The summed E-state index contributed by atoms with van der Waals surface area (Å²) in [6, 6.07) is 2.33. The standard InChI is InChI=1S/C12H13FN2O4/c1-6(16)9-4-3-8(13)5-10(9)19-7(2)11(17)15-12(14)18/h3-5,7H,1-2H3,(H3,14,15,17,18). The van der Waals surface area contributed by atoms with E-state index in [4.69, 9.17) is 10.5 Å². The summed E-state index contributed by atoms with van der Waals surface area (Å²) in [5, 5.41) is 1.82. The lowest BCUT2D eigenvalue weighted by Crippen LogP contribution is -2.42. The van der Waals surface area contributed by atoms with Gasteiger partial charge in [0.05, 0.1) is 5.56 Å². The summed E-state index contributed by atoms with van der Waals surface area (Å²) in [5.41, 5.74) is 4.93. The molecule has 1 aromatic carbocycles. The molecule has 19 heavy (non-hydrogen) atoms. The molecule has 1 unspecified atom stereocenters. The number of hydrogen-bond donors (Lipinski definition) is 2. The number of primary amides is 1. The molecule has 7 heteroatoms. The fourth-order valence-electron chi connectivity index (χ4n) is 1.35. The number of rotatable bonds is 4. The highest BCUT2D eigenvalue weighted by molar-refractivity contribution is 5.98. The highest BCUT2D eigenvalue weighted by atomic mass is 19.1. The summed E-state index contributed by atoms with van der Waals surface area (Å²) in [7, 11) is 0. The van der Waals surface area contributed by atoms with E-state index in [2.05, 4.69) is 0 Å². The number of amides is 3. The van der Waals surface area contributed by atoms with Gasteiger partial charge in [-0.3, -0.25) is 14.9 Å². The van der Waals surface area contributed by atoms with Crippen molar-refractivity contribution in [2.45, 2.75) is 20.0 Å². The first kappa shape index (κ1) is 14.6. The molecule has 0 aliphatic heterocycles. The quantitative estimate of drug-likeness (QED) is 0.795. The van der Waals surface area contributed by atoms with Crippen LogP contribution in [0.1, 0.15) is 24.2 Å². The average Bonchev–Trinajstić information content (AvgIpc) is 2.27. The number of carbonyl (C=O) groups is 3. The Balaban J connectivity index is 2.92. The van der Waals surface area contributed by atoms with Crippen molar-refractivity contribution in [2.75, 3.05) is 0 Å². The number of halogens is 1. The van der Waals surface area contributed by atoms with E-state index in [1.807, 2.05) is 5.32 Å². The van der Waals surface area contributed by atoms with Crippen molar-refractivity contribution in [3.05, 3.63) is 29.6 Å². The SMILES string of the molecule is CC(=O)c1ccc(F)cc1OC(C)C(=O)NC(N)=O. The lowest BCUT2D eigenvalue weighted by atomic mass is 10.1. The van der Waals surface area contributed by atoms with Gasteiger partial charge in [-0.15, -0.1) is 0 Å². The Hall–Kier alpha value is -2.44. The van der Waals surface area contributed by atoms with Crippen LogP contribution in [0.2, 0.25) is 0 Å². The van der Waals surface area contributed by atoms with Crippen LogP contribution in [0.15, 0.2) is 18.2 Å². The topological polar surface area (TPSA) is 98.5 Å². The van der Waals surface area contributed by atoms with Gasteiger partial charge in [-0.05, 0) is 26.0 Å². The molecule has 102 valence electrons. The van der Waals surface area contributed by atoms with Crippen LogP contribution in [0, 0.1) is 5.82 Å². The van der Waals surface area contributed by atoms with Gasteiger partial charge in [-0.2, -0.15) is 0 Å². The van der Waals surface area contributed by atoms with Crippen LogP contribution in [0.4, 0.5) is 9.18 Å². The first-order valence-corrected chi connectivity index (χ1v) is 5.38. The predicted molar refractivity (Wildman–Crippen MR) is 64.2 cm³/mol. The molecule has 3 N–H and O–H groups in total. The van der Waals surface area contributed by atoms with Crippen molar-refractivity contribution in [1.29, 1.82) is 0 Å². The number of carbonyl (C=O) groups excluding carboxylic acids is 3. The monoisotopic (exact) mass is 268 g/mol. The Kier molecular flexibility index (Phi) is 4.57. The number of nitrogens with two attached hydrogens (primary N) is 1. The number of benzene rings is 1. The van der Waals surface area contributed by atoms with E-state index >= 15 is 0 Å². The number of ketones is 1. The molecule has 0 bridgehead atoms. The Morgan fingerprint density at radius 1 is 1.37 bits per heavy atom. The van der Waals surface area contributed by atoms with E-state index in [-0.39, 0.29) is 17.1 Å². The molecule has 3 amide bonds. The number of nitrogens with one attached hydrogen (secondary N) is 1. The minimum Gasteiger partial charge on any atom is -0.480 e. The third kappa shape index (κ3) is 4.06. The van der Waals surface area contributed by atoms with Gasteiger partial charge in [-0.1, -0.05) is 0 Å². The van der Waals surface area contributed by atoms with Crippen LogP contribution in [0.25, 0.3) is 0 Å². The second-order valence-corrected chi connectivity index (χ2v) is 3.81. The second kappa shape index (κ2) is 5.94. The first-order valence-electron chi connectivity index (χ1n) is 5.38. The maximum absolute atomic E-state index is 13.1. The number of hydrogen-bond acceptors (Lipinski definition) is 4. The molecular weight excluding hydrogens is 255 g/mol. The van der Waals surface area contributed by atoms with Crippen LogP contribution in [-0.4, -0.2) is 23.8 Å². The summed E-state index contributed by atoms with van der Waals surface area (Å²) >= 11 is 0. The number of Topliss-reactive ketones (excluding diaryl/α,β-unsaturated/α-hetero) is 1. The third-order valence-electron chi connectivity index (χ3n) is 2.24. The summed E-state index contributed by atoms with van der Waals surface area (Å²) in [6.45, 7) is 2.63. The first-order chi connectivity index (χ1) is 8.81. The van der Waals surface area contributed by atoms with Gasteiger partial charge in [0, 0.05) is 6.07 Å². The van der Waals surface area contributed by atoms with E-state index in [0.717, 1.165) is 12.1 Å². The van der Waals surface area contributed by atoms with E-state index in [0.29, 0.717) is 0 Å².